The van der Waals surface area contributed by atoms with E-state index >= 15 is 0 Å². The first-order chi connectivity index (χ1) is 49.7. The van der Waals surface area contributed by atoms with Crippen LogP contribution in [-0.2, 0) is 32.4 Å². The summed E-state index contributed by atoms with van der Waals surface area (Å²) in [6, 6.07) is 22.2. The number of hydroxylamine groups is 4. The molecule has 4 aromatic rings. The number of anilines is 2. The van der Waals surface area contributed by atoms with E-state index in [-0.39, 0.29) is 110 Å². The number of carboxylic acid groups (broad SMARTS) is 1. The molecule has 4 heterocycles. The molecule has 14 rings (SSSR count). The van der Waals surface area contributed by atoms with Crippen LogP contribution in [0.4, 0.5) is 11.4 Å². The molecule has 18 atom stereocenters. The van der Waals surface area contributed by atoms with Crippen molar-refractivity contribution in [2.24, 2.45) is 74.1 Å². The summed E-state index contributed by atoms with van der Waals surface area (Å²) in [5, 5.41) is 52.5. The largest absolute Gasteiger partial charge is 0.478 e. The average molecular weight is 1670 g/mol. The predicted molar refractivity (Wildman–Crippen MR) is 408 cm³/mol. The minimum Gasteiger partial charge on any atom is -0.478 e. The van der Waals surface area contributed by atoms with Crippen LogP contribution in [0.3, 0.4) is 0 Å². The van der Waals surface area contributed by atoms with Crippen LogP contribution >= 0.6 is 0 Å². The monoisotopic (exact) mass is 1670 g/mol. The number of aromatic carboxylic acids is 1. The average Bonchev–Trinajstić information content (AvgIpc) is 0.832. The van der Waals surface area contributed by atoms with Crippen molar-refractivity contribution >= 4 is 43.4 Å². The van der Waals surface area contributed by atoms with E-state index in [0.717, 1.165) is 94.8 Å². The van der Waals surface area contributed by atoms with Crippen LogP contribution in [0.15, 0.2) is 83.0 Å². The van der Waals surface area contributed by atoms with Gasteiger partial charge in [0, 0.05) is 144 Å². The Morgan fingerprint density at radius 3 is 1.43 bits per heavy atom. The Hall–Kier alpha value is -6.26. The molecule has 6 aliphatic carbocycles. The normalized spacial score (nSPS) is 29.8. The van der Waals surface area contributed by atoms with Crippen molar-refractivity contribution in [1.29, 1.82) is 1.34 Å². The minimum absolute atomic E-state index is 0. The number of aliphatic hydroxyl groups excluding tert-OH is 2. The van der Waals surface area contributed by atoms with E-state index in [1.165, 1.54) is 25.8 Å². The summed E-state index contributed by atoms with van der Waals surface area (Å²) >= 11 is 0. The number of rotatable bonds is 21. The summed E-state index contributed by atoms with van der Waals surface area (Å²) in [4.78, 5) is 80.8. The van der Waals surface area contributed by atoms with Crippen LogP contribution in [0.5, 0.6) is 0 Å². The van der Waals surface area contributed by atoms with E-state index in [1.807, 2.05) is 100 Å². The van der Waals surface area contributed by atoms with Crippen molar-refractivity contribution in [2.75, 3.05) is 91.4 Å². The molecule has 3 amide bonds. The first-order valence-corrected chi connectivity index (χ1v) is 37.1. The third kappa shape index (κ3) is 18.6. The standard InChI is InChI=1S/C39H56N8O4.C34H46N6O5.C5H12N2.BH.U/c1-22-25(10-9-11-31(22)26-14-27(16-30(15-26)45(6)7)37(49)42-29-12-13-46(8)21-29)20-47-36(35(24(3)48)34(51-47)19-41-44-40)38(50)43-33-18-28-17-32(23(33)2)39(28,4)5;1-18-21(9-8-10-26(18)22-11-23(33(43)44)13-25(12-22)39(6)7)17-40-31(30(20(3)41)29(45-40)16-36-38-35)32(42)37-28-15-24-14-27(19(28)2)34(24,4)5;1-7-3-2-5(6)4-7;;/h9-11,14-16,23-24,28-29,32-36,48H,12-13,17-21H2,1-8H3,(H,42,49)(H,43,50);8-13,19-20,24,27-31,41H,14-17H2,1-7H3,(H,37,42)(H,43,44);5H,2-4,6H2,1H3;1H;/t23-,24-,28+,29+,32-,33-,34-,35+,36-;19-,20-,24+,27-,28-,29-,30+,31-;5-;;/m001../s1/i;;;1T;. The van der Waals surface area contributed by atoms with Gasteiger partial charge in [-0.1, -0.05) is 88.2 Å². The fourth-order valence-electron chi connectivity index (χ4n) is 18.5. The molecule has 4 bridgehead atoms. The number of likely N-dealkylation sites (N-methyl/N-ethyl adjacent to an activating group) is 2. The maximum Gasteiger partial charge on any atom is 0.335 e. The second-order valence-electron chi connectivity index (χ2n) is 32.8. The van der Waals surface area contributed by atoms with Crippen molar-refractivity contribution in [1.82, 2.24) is 35.9 Å². The Labute approximate surface area is 648 Å². The van der Waals surface area contributed by atoms with Gasteiger partial charge in [-0.05, 0) is 233 Å². The zero-order valence-corrected chi connectivity index (χ0v) is 68.7. The third-order valence-corrected chi connectivity index (χ3v) is 25.1. The van der Waals surface area contributed by atoms with E-state index in [9.17, 15) is 34.5 Å². The van der Waals surface area contributed by atoms with Crippen LogP contribution in [-0.4, -0.2) is 211 Å². The van der Waals surface area contributed by atoms with Gasteiger partial charge >= 0.3 is 5.97 Å². The van der Waals surface area contributed by atoms with Gasteiger partial charge in [0.15, 0.2) is 0 Å². The number of azide groups is 2. The number of carboxylic acids is 1. The van der Waals surface area contributed by atoms with E-state index in [4.69, 9.17) is 27.8 Å². The molecular weight excluding hydrogens is 1550 g/mol. The second kappa shape index (κ2) is 35.4. The zero-order valence-electron chi connectivity index (χ0n) is 65.5. The predicted octanol–water partition coefficient (Wildman–Crippen LogP) is 9.55. The molecule has 568 valence electrons. The minimum atomic E-state index is -1.00. The molecule has 0 spiro atoms. The Morgan fingerprint density at radius 1 is 0.667 bits per heavy atom. The van der Waals surface area contributed by atoms with Gasteiger partial charge in [0.1, 0.15) is 12.1 Å². The van der Waals surface area contributed by atoms with Gasteiger partial charge in [-0.25, -0.2) is 4.79 Å². The van der Waals surface area contributed by atoms with Crippen molar-refractivity contribution in [2.45, 2.75) is 182 Å². The second-order valence-corrected chi connectivity index (χ2v) is 32.8. The molecule has 2 radical (unpaired) electrons. The SMILES string of the molecule is CN1CC[C@@H](N)C1.Cc1c(CN2O[C@@H](CN=[N+]=[N-])[C@@H]([C@H](C)O)[C@H]2C(=O)N[C@H]2C[C@H]3C[C@@H]([C@@H]2C)C3(C)C)cccc1-c1cc(C(=O)N[C@@H]2CCN(C)C2)cc(N(C)C)c1.Cc1c(CN2O[C@@H](CN=[N+]=[N-])[C@@H]([C@H](C)O)[C@H]2C(=O)N[C@H]2C[C@H]3C[C@@H]([C@@H]2C)C3(C)C)cccc1-c1cc(C(=O)O)cc(N(C)C)c1.[3H][B].[U]. The van der Waals surface area contributed by atoms with E-state index < -0.39 is 54.3 Å². The Morgan fingerprint density at radius 2 is 1.09 bits per heavy atom. The van der Waals surface area contributed by atoms with Gasteiger partial charge < -0.3 is 56.6 Å². The number of amides is 3. The summed E-state index contributed by atoms with van der Waals surface area (Å²) in [7, 11) is 15.6. The maximum absolute atomic E-state index is 14.3. The Balaban J connectivity index is 0.000000239. The van der Waals surface area contributed by atoms with Gasteiger partial charge in [0.25, 0.3) is 5.91 Å². The third-order valence-electron chi connectivity index (χ3n) is 25.1. The number of nitrogens with one attached hydrogen (secondary N) is 3. The molecule has 0 unspecified atom stereocenters. The van der Waals surface area contributed by atoms with Gasteiger partial charge in [0.2, 0.25) is 11.8 Å². The topological polar surface area (TPSA) is 326 Å². The van der Waals surface area contributed by atoms with Gasteiger partial charge in [0.05, 0.1) is 56.2 Å². The maximum atomic E-state index is 14.3. The molecular formula is C78H115BN16O9U. The number of fused-ring (bicyclic) bond motifs is 4. The first-order valence-electron chi connectivity index (χ1n) is 37.6. The van der Waals surface area contributed by atoms with Crippen LogP contribution in [0.1, 0.15) is 137 Å². The van der Waals surface area contributed by atoms with Crippen molar-refractivity contribution in [3.8, 4) is 22.3 Å². The van der Waals surface area contributed by atoms with Gasteiger partial charge in [-0.3, -0.25) is 24.1 Å². The number of carbonyl (C=O) groups is 4. The number of carbonyl (C=O) groups excluding carboxylic acids is 3. The molecule has 6 saturated carbocycles. The fourth-order valence-corrected chi connectivity index (χ4v) is 18.5. The number of benzene rings is 4. The van der Waals surface area contributed by atoms with E-state index in [2.05, 4.69) is 122 Å². The molecule has 4 saturated heterocycles. The molecule has 8 N–H and O–H groups in total. The summed E-state index contributed by atoms with van der Waals surface area (Å²) in [5.41, 5.74) is 34.1. The molecule has 27 heteroatoms. The summed E-state index contributed by atoms with van der Waals surface area (Å²) in [5.74, 6) is 0.291. The number of hydrogen-bond acceptors (Lipinski definition) is 17. The molecule has 4 aliphatic heterocycles. The number of likely N-dealkylation sites (tertiary alicyclic amines) is 2. The first kappa shape index (κ1) is 82.8. The van der Waals surface area contributed by atoms with Gasteiger partial charge in [-0.15, -0.1) is 0 Å². The van der Waals surface area contributed by atoms with Crippen LogP contribution in [0.2, 0.25) is 0 Å². The summed E-state index contributed by atoms with van der Waals surface area (Å²) in [6.07, 6.45) is 3.28. The molecule has 10 aliphatic rings. The Bertz CT molecular complexity index is 3830. The number of aliphatic hydroxyl groups is 2. The summed E-state index contributed by atoms with van der Waals surface area (Å²) in [6.45, 7) is 25.7. The molecule has 0 aromatic heterocycles. The smallest absolute Gasteiger partial charge is 0.335 e. The van der Waals surface area contributed by atoms with E-state index in [1.54, 1.807) is 36.1 Å². The quantitative estimate of drug-likeness (QED) is 0.0177. The zero-order chi connectivity index (χ0) is 76.8. The molecule has 4 aromatic carbocycles. The number of nitrogens with zero attached hydrogens (tertiary/aromatic N) is 12. The van der Waals surface area contributed by atoms with Crippen LogP contribution in [0.25, 0.3) is 43.1 Å². The van der Waals surface area contributed by atoms with Crippen molar-refractivity contribution in [3.05, 3.63) is 127 Å². The van der Waals surface area contributed by atoms with E-state index in [0.29, 0.717) is 47.1 Å². The summed E-state index contributed by atoms with van der Waals surface area (Å²) < 4.78 is 5.25. The van der Waals surface area contributed by atoms with Crippen LogP contribution in [0, 0.1) is 103 Å². The Kier molecular flexibility index (Phi) is 27.9. The molecule has 10 fully saturated rings. The number of hydrogen-bond donors (Lipinski definition) is 7. The van der Waals surface area contributed by atoms with Crippen molar-refractivity contribution < 1.29 is 75.3 Å². The molecule has 25 nitrogen and oxygen atoms in total. The van der Waals surface area contributed by atoms with Crippen LogP contribution < -0.4 is 31.5 Å². The van der Waals surface area contributed by atoms with Gasteiger partial charge in [-0.2, -0.15) is 10.1 Å². The van der Waals surface area contributed by atoms with Crippen molar-refractivity contribution in [3.63, 3.8) is 0 Å². The fraction of sp³-hybridized carbons (Fsp3) is 0.641. The number of nitrogens with two attached hydrogens (primary N) is 1. The molecule has 105 heavy (non-hydrogen) atoms.